The number of hydrogen-bond acceptors (Lipinski definition) is 3. The lowest BCUT2D eigenvalue weighted by Gasteiger charge is -2.37. The number of carbonyl (C=O) groups is 1. The standard InChI is InChI=1S/C14H27N3O2/c1-10(2)11(3)16-14(18)17-6-4-12(5-7-17)19-13-8-15-9-13/h10-13,15H,4-9H2,1-3H3,(H,16,18). The van der Waals surface area contributed by atoms with Crippen LogP contribution in [0.2, 0.25) is 0 Å². The van der Waals surface area contributed by atoms with Crippen molar-refractivity contribution in [3.8, 4) is 0 Å². The summed E-state index contributed by atoms with van der Waals surface area (Å²) in [6.07, 6.45) is 2.64. The predicted molar refractivity (Wildman–Crippen MR) is 75.2 cm³/mol. The molecule has 0 bridgehead atoms. The van der Waals surface area contributed by atoms with Gasteiger partial charge in [0.05, 0.1) is 12.2 Å². The van der Waals surface area contributed by atoms with Crippen molar-refractivity contribution >= 4 is 6.03 Å². The van der Waals surface area contributed by atoms with Crippen LogP contribution in [-0.2, 0) is 4.74 Å². The predicted octanol–water partition coefficient (Wildman–Crippen LogP) is 1.19. The maximum Gasteiger partial charge on any atom is 0.317 e. The second-order valence-electron chi connectivity index (χ2n) is 6.08. The van der Waals surface area contributed by atoms with E-state index in [0.29, 0.717) is 18.1 Å². The molecule has 5 nitrogen and oxygen atoms in total. The van der Waals surface area contributed by atoms with Crippen LogP contribution in [0.4, 0.5) is 4.79 Å². The lowest BCUT2D eigenvalue weighted by atomic mass is 10.1. The van der Waals surface area contributed by atoms with Gasteiger partial charge in [-0.25, -0.2) is 4.79 Å². The van der Waals surface area contributed by atoms with Crippen molar-refractivity contribution in [3.05, 3.63) is 0 Å². The highest BCUT2D eigenvalue weighted by molar-refractivity contribution is 5.74. The van der Waals surface area contributed by atoms with Gasteiger partial charge in [-0.2, -0.15) is 0 Å². The highest BCUT2D eigenvalue weighted by atomic mass is 16.5. The topological polar surface area (TPSA) is 53.6 Å². The summed E-state index contributed by atoms with van der Waals surface area (Å²) in [5.41, 5.74) is 0. The fourth-order valence-corrected chi connectivity index (χ4v) is 2.28. The van der Waals surface area contributed by atoms with Gasteiger partial charge in [0, 0.05) is 32.2 Å². The number of nitrogens with zero attached hydrogens (tertiary/aromatic N) is 1. The van der Waals surface area contributed by atoms with Gasteiger partial charge in [-0.15, -0.1) is 0 Å². The number of nitrogens with one attached hydrogen (secondary N) is 2. The molecule has 2 amide bonds. The molecule has 2 saturated heterocycles. The van der Waals surface area contributed by atoms with E-state index in [1.165, 1.54) is 0 Å². The minimum absolute atomic E-state index is 0.0740. The van der Waals surface area contributed by atoms with Crippen LogP contribution in [-0.4, -0.2) is 55.4 Å². The average molecular weight is 269 g/mol. The van der Waals surface area contributed by atoms with E-state index in [1.807, 2.05) is 4.90 Å². The Kier molecular flexibility index (Phi) is 5.05. The number of carbonyl (C=O) groups excluding carboxylic acids is 1. The van der Waals surface area contributed by atoms with Crippen molar-refractivity contribution in [2.45, 2.75) is 51.9 Å². The van der Waals surface area contributed by atoms with Gasteiger partial charge in [-0.1, -0.05) is 13.8 Å². The Bertz CT molecular complexity index is 297. The molecule has 2 fully saturated rings. The van der Waals surface area contributed by atoms with Crippen molar-refractivity contribution in [1.82, 2.24) is 15.5 Å². The number of hydrogen-bond donors (Lipinski definition) is 2. The molecule has 19 heavy (non-hydrogen) atoms. The molecule has 1 unspecified atom stereocenters. The Morgan fingerprint density at radius 1 is 1.21 bits per heavy atom. The van der Waals surface area contributed by atoms with Crippen LogP contribution in [0.1, 0.15) is 33.6 Å². The number of ether oxygens (including phenoxy) is 1. The maximum absolute atomic E-state index is 12.1. The van der Waals surface area contributed by atoms with Crippen molar-refractivity contribution < 1.29 is 9.53 Å². The number of piperidine rings is 1. The molecule has 2 aliphatic heterocycles. The van der Waals surface area contributed by atoms with E-state index in [9.17, 15) is 4.79 Å². The SMILES string of the molecule is CC(C)C(C)NC(=O)N1CCC(OC2CNC2)CC1. The minimum Gasteiger partial charge on any atom is -0.372 e. The molecule has 1 atom stereocenters. The van der Waals surface area contributed by atoms with Gasteiger partial charge < -0.3 is 20.3 Å². The Balaban J connectivity index is 1.68. The van der Waals surface area contributed by atoms with Gasteiger partial charge in [0.1, 0.15) is 0 Å². The van der Waals surface area contributed by atoms with Gasteiger partial charge in [0.2, 0.25) is 0 Å². The summed E-state index contributed by atoms with van der Waals surface area (Å²) in [7, 11) is 0. The van der Waals surface area contributed by atoms with Crippen LogP contribution >= 0.6 is 0 Å². The Morgan fingerprint density at radius 2 is 1.84 bits per heavy atom. The van der Waals surface area contributed by atoms with Crippen molar-refractivity contribution in [2.24, 2.45) is 5.92 Å². The molecule has 5 heteroatoms. The summed E-state index contributed by atoms with van der Waals surface area (Å²) < 4.78 is 5.95. The molecule has 2 rings (SSSR count). The maximum atomic E-state index is 12.1. The highest BCUT2D eigenvalue weighted by Gasteiger charge is 2.27. The smallest absolute Gasteiger partial charge is 0.317 e. The van der Waals surface area contributed by atoms with Crippen LogP contribution in [0.25, 0.3) is 0 Å². The third kappa shape index (κ3) is 4.08. The molecule has 0 saturated carbocycles. The summed E-state index contributed by atoms with van der Waals surface area (Å²) >= 11 is 0. The zero-order chi connectivity index (χ0) is 13.8. The number of amides is 2. The van der Waals surface area contributed by atoms with E-state index in [4.69, 9.17) is 4.74 Å². The summed E-state index contributed by atoms with van der Waals surface area (Å²) in [6, 6.07) is 0.299. The molecule has 0 radical (unpaired) electrons. The molecule has 0 aromatic heterocycles. The third-order valence-corrected chi connectivity index (χ3v) is 4.21. The molecule has 2 heterocycles. The first-order chi connectivity index (χ1) is 9.06. The number of urea groups is 1. The van der Waals surface area contributed by atoms with Crippen molar-refractivity contribution in [1.29, 1.82) is 0 Å². The van der Waals surface area contributed by atoms with Crippen LogP contribution in [0, 0.1) is 5.92 Å². The first-order valence-corrected chi connectivity index (χ1v) is 7.48. The van der Waals surface area contributed by atoms with Crippen LogP contribution in [0.15, 0.2) is 0 Å². The fourth-order valence-electron chi connectivity index (χ4n) is 2.28. The van der Waals surface area contributed by atoms with Crippen LogP contribution in [0.3, 0.4) is 0 Å². The molecule has 0 aromatic carbocycles. The van der Waals surface area contributed by atoms with E-state index >= 15 is 0 Å². The number of rotatable bonds is 4. The normalized spacial score (nSPS) is 23.3. The van der Waals surface area contributed by atoms with Crippen molar-refractivity contribution in [2.75, 3.05) is 26.2 Å². The van der Waals surface area contributed by atoms with Gasteiger partial charge in [-0.05, 0) is 25.7 Å². The average Bonchev–Trinajstić information content (AvgIpc) is 2.34. The molecular formula is C14H27N3O2. The summed E-state index contributed by atoms with van der Waals surface area (Å²) in [4.78, 5) is 14.0. The molecule has 110 valence electrons. The number of likely N-dealkylation sites (tertiary alicyclic amines) is 1. The van der Waals surface area contributed by atoms with E-state index in [0.717, 1.165) is 39.0 Å². The third-order valence-electron chi connectivity index (χ3n) is 4.21. The second kappa shape index (κ2) is 6.57. The molecule has 0 aliphatic carbocycles. The van der Waals surface area contributed by atoms with Gasteiger partial charge in [-0.3, -0.25) is 0 Å². The summed E-state index contributed by atoms with van der Waals surface area (Å²) in [5, 5.41) is 6.27. The minimum atomic E-state index is 0.0740. The van der Waals surface area contributed by atoms with Crippen LogP contribution < -0.4 is 10.6 Å². The lowest BCUT2D eigenvalue weighted by molar-refractivity contribution is -0.0579. The monoisotopic (exact) mass is 269 g/mol. The van der Waals surface area contributed by atoms with E-state index in [2.05, 4.69) is 31.4 Å². The highest BCUT2D eigenvalue weighted by Crippen LogP contribution is 2.17. The van der Waals surface area contributed by atoms with Gasteiger partial charge >= 0.3 is 6.03 Å². The molecular weight excluding hydrogens is 242 g/mol. The molecule has 0 aromatic rings. The quantitative estimate of drug-likeness (QED) is 0.806. The van der Waals surface area contributed by atoms with E-state index in [1.54, 1.807) is 0 Å². The Morgan fingerprint density at radius 3 is 2.32 bits per heavy atom. The lowest BCUT2D eigenvalue weighted by Crippen LogP contribution is -2.53. The van der Waals surface area contributed by atoms with Gasteiger partial charge in [0.15, 0.2) is 0 Å². The van der Waals surface area contributed by atoms with E-state index in [-0.39, 0.29) is 12.1 Å². The Hall–Kier alpha value is -0.810. The first kappa shape index (κ1) is 14.6. The van der Waals surface area contributed by atoms with Crippen molar-refractivity contribution in [3.63, 3.8) is 0 Å². The molecule has 2 aliphatic rings. The van der Waals surface area contributed by atoms with Gasteiger partial charge in [0.25, 0.3) is 0 Å². The molecule has 0 spiro atoms. The Labute approximate surface area is 116 Å². The summed E-state index contributed by atoms with van der Waals surface area (Å²) in [5.74, 6) is 0.468. The molecule has 2 N–H and O–H groups in total. The zero-order valence-corrected chi connectivity index (χ0v) is 12.3. The van der Waals surface area contributed by atoms with Crippen LogP contribution in [0.5, 0.6) is 0 Å². The zero-order valence-electron chi connectivity index (χ0n) is 12.3. The van der Waals surface area contributed by atoms with E-state index < -0.39 is 0 Å². The summed E-state index contributed by atoms with van der Waals surface area (Å²) in [6.45, 7) is 9.87. The largest absolute Gasteiger partial charge is 0.372 e. The fraction of sp³-hybridized carbons (Fsp3) is 0.929. The first-order valence-electron chi connectivity index (χ1n) is 7.48. The second-order valence-corrected chi connectivity index (χ2v) is 6.08.